The average molecular weight is 512 g/mol. The second kappa shape index (κ2) is 11.9. The first kappa shape index (κ1) is 26.1. The second-order valence-corrected chi connectivity index (χ2v) is 10.5. The SMILES string of the molecule is Cc1ccc2c(CCC(O)C(C)C)cccc2c1Oc1ncccc1-c1ccnc(N[C@H]2CCCNC2)n1. The monoisotopic (exact) mass is 511 g/mol. The maximum Gasteiger partial charge on any atom is 0.228 e. The van der Waals surface area contributed by atoms with Crippen molar-refractivity contribution in [2.75, 3.05) is 18.4 Å². The van der Waals surface area contributed by atoms with Gasteiger partial charge in [0.15, 0.2) is 0 Å². The topological polar surface area (TPSA) is 92.2 Å². The molecule has 3 N–H and O–H groups in total. The Morgan fingerprint density at radius 3 is 2.76 bits per heavy atom. The summed E-state index contributed by atoms with van der Waals surface area (Å²) in [5.74, 6) is 2.15. The van der Waals surface area contributed by atoms with Crippen molar-refractivity contribution in [1.82, 2.24) is 20.3 Å². The lowest BCUT2D eigenvalue weighted by Crippen LogP contribution is -2.38. The van der Waals surface area contributed by atoms with Crippen LogP contribution in [-0.4, -0.2) is 45.3 Å². The minimum absolute atomic E-state index is 0.241. The predicted octanol–water partition coefficient (Wildman–Crippen LogP) is 5.91. The van der Waals surface area contributed by atoms with Gasteiger partial charge in [-0.2, -0.15) is 0 Å². The number of piperidine rings is 1. The van der Waals surface area contributed by atoms with Crippen LogP contribution in [0.1, 0.15) is 44.2 Å². The first-order chi connectivity index (χ1) is 18.5. The minimum Gasteiger partial charge on any atom is -0.437 e. The predicted molar refractivity (Wildman–Crippen MR) is 153 cm³/mol. The number of ether oxygens (including phenoxy) is 1. The first-order valence-corrected chi connectivity index (χ1v) is 13.6. The number of aliphatic hydroxyl groups excluding tert-OH is 1. The molecule has 198 valence electrons. The molecule has 0 saturated carbocycles. The van der Waals surface area contributed by atoms with Crippen LogP contribution >= 0.6 is 0 Å². The van der Waals surface area contributed by atoms with Gasteiger partial charge in [0, 0.05) is 30.4 Å². The number of benzene rings is 2. The number of aliphatic hydroxyl groups is 1. The zero-order valence-electron chi connectivity index (χ0n) is 22.4. The lowest BCUT2D eigenvalue weighted by molar-refractivity contribution is 0.116. The van der Waals surface area contributed by atoms with E-state index in [1.807, 2.05) is 18.2 Å². The summed E-state index contributed by atoms with van der Waals surface area (Å²) in [6.07, 6.45) is 6.98. The van der Waals surface area contributed by atoms with Gasteiger partial charge in [0.1, 0.15) is 5.75 Å². The number of nitrogens with zero attached hydrogens (tertiary/aromatic N) is 3. The highest BCUT2D eigenvalue weighted by Crippen LogP contribution is 2.37. The van der Waals surface area contributed by atoms with Crippen molar-refractivity contribution in [1.29, 1.82) is 0 Å². The Balaban J connectivity index is 1.45. The number of hydrogen-bond acceptors (Lipinski definition) is 7. The van der Waals surface area contributed by atoms with Gasteiger partial charge in [0.25, 0.3) is 0 Å². The Morgan fingerprint density at radius 1 is 1.05 bits per heavy atom. The number of nitrogens with one attached hydrogen (secondary N) is 2. The highest BCUT2D eigenvalue weighted by Gasteiger charge is 2.18. The summed E-state index contributed by atoms with van der Waals surface area (Å²) < 4.78 is 6.57. The Kier molecular flexibility index (Phi) is 8.15. The van der Waals surface area contributed by atoms with Crippen molar-refractivity contribution in [2.24, 2.45) is 5.92 Å². The van der Waals surface area contributed by atoms with Crippen molar-refractivity contribution < 1.29 is 9.84 Å². The van der Waals surface area contributed by atoms with E-state index in [1.54, 1.807) is 12.4 Å². The van der Waals surface area contributed by atoms with Crippen molar-refractivity contribution in [3.05, 3.63) is 72.1 Å². The number of fused-ring (bicyclic) bond motifs is 1. The third kappa shape index (κ3) is 5.95. The lowest BCUT2D eigenvalue weighted by Gasteiger charge is -2.23. The number of hydrogen-bond donors (Lipinski definition) is 3. The molecule has 1 aliphatic rings. The van der Waals surface area contributed by atoms with E-state index in [9.17, 15) is 5.11 Å². The molecule has 7 nitrogen and oxygen atoms in total. The van der Waals surface area contributed by atoms with Gasteiger partial charge in [-0.1, -0.05) is 44.2 Å². The minimum atomic E-state index is -0.316. The van der Waals surface area contributed by atoms with E-state index in [2.05, 4.69) is 71.7 Å². The van der Waals surface area contributed by atoms with Crippen LogP contribution in [0.15, 0.2) is 60.9 Å². The molecule has 38 heavy (non-hydrogen) atoms. The van der Waals surface area contributed by atoms with Crippen LogP contribution in [-0.2, 0) is 6.42 Å². The molecule has 2 aromatic carbocycles. The van der Waals surface area contributed by atoms with E-state index in [0.29, 0.717) is 17.9 Å². The van der Waals surface area contributed by atoms with Gasteiger partial charge in [0.2, 0.25) is 11.8 Å². The molecule has 0 bridgehead atoms. The Morgan fingerprint density at radius 2 is 1.95 bits per heavy atom. The summed E-state index contributed by atoms with van der Waals surface area (Å²) in [5, 5.41) is 19.4. The fourth-order valence-electron chi connectivity index (χ4n) is 4.99. The molecule has 1 saturated heterocycles. The maximum atomic E-state index is 10.4. The molecule has 5 rings (SSSR count). The highest BCUT2D eigenvalue weighted by atomic mass is 16.5. The molecule has 0 amide bonds. The van der Waals surface area contributed by atoms with Crippen LogP contribution < -0.4 is 15.4 Å². The van der Waals surface area contributed by atoms with Crippen LogP contribution in [0.2, 0.25) is 0 Å². The third-order valence-corrected chi connectivity index (χ3v) is 7.31. The zero-order chi connectivity index (χ0) is 26.5. The zero-order valence-corrected chi connectivity index (χ0v) is 22.4. The summed E-state index contributed by atoms with van der Waals surface area (Å²) in [6.45, 7) is 8.13. The number of aryl methyl sites for hydroxylation is 2. The second-order valence-electron chi connectivity index (χ2n) is 10.5. The van der Waals surface area contributed by atoms with Crippen LogP contribution in [0.3, 0.4) is 0 Å². The Labute approximate surface area is 224 Å². The summed E-state index contributed by atoms with van der Waals surface area (Å²) in [4.78, 5) is 13.8. The molecule has 2 atom stereocenters. The van der Waals surface area contributed by atoms with Gasteiger partial charge < -0.3 is 20.5 Å². The van der Waals surface area contributed by atoms with Gasteiger partial charge in [-0.25, -0.2) is 15.0 Å². The fourth-order valence-corrected chi connectivity index (χ4v) is 4.99. The first-order valence-electron chi connectivity index (χ1n) is 13.6. The van der Waals surface area contributed by atoms with E-state index >= 15 is 0 Å². The molecule has 3 heterocycles. The smallest absolute Gasteiger partial charge is 0.228 e. The molecule has 0 spiro atoms. The fraction of sp³-hybridized carbons (Fsp3) is 0.387. The Bertz CT molecular complexity index is 1380. The van der Waals surface area contributed by atoms with Crippen molar-refractivity contribution in [3.63, 3.8) is 0 Å². The van der Waals surface area contributed by atoms with E-state index in [0.717, 1.165) is 72.1 Å². The summed E-state index contributed by atoms with van der Waals surface area (Å²) in [7, 11) is 0. The molecule has 1 unspecified atom stereocenters. The van der Waals surface area contributed by atoms with E-state index in [1.165, 1.54) is 5.56 Å². The Hall–Kier alpha value is -3.55. The largest absolute Gasteiger partial charge is 0.437 e. The molecule has 4 aromatic rings. The van der Waals surface area contributed by atoms with Crippen molar-refractivity contribution >= 4 is 16.7 Å². The summed E-state index contributed by atoms with van der Waals surface area (Å²) in [5.41, 5.74) is 3.81. The molecule has 7 heteroatoms. The number of aromatic nitrogens is 3. The molecular weight excluding hydrogens is 474 g/mol. The maximum absolute atomic E-state index is 10.4. The molecule has 1 fully saturated rings. The van der Waals surface area contributed by atoms with Gasteiger partial charge in [-0.3, -0.25) is 0 Å². The van der Waals surface area contributed by atoms with Gasteiger partial charge >= 0.3 is 0 Å². The van der Waals surface area contributed by atoms with E-state index in [-0.39, 0.29) is 12.0 Å². The van der Waals surface area contributed by atoms with E-state index in [4.69, 9.17) is 9.72 Å². The normalized spacial score (nSPS) is 16.5. The highest BCUT2D eigenvalue weighted by molar-refractivity contribution is 5.92. The molecule has 2 aromatic heterocycles. The van der Waals surface area contributed by atoms with Crippen molar-refractivity contribution in [3.8, 4) is 22.9 Å². The quantitative estimate of drug-likeness (QED) is 0.257. The molecular formula is C31H37N5O2. The van der Waals surface area contributed by atoms with Crippen LogP contribution in [0.25, 0.3) is 22.0 Å². The van der Waals surface area contributed by atoms with Crippen LogP contribution in [0.5, 0.6) is 11.6 Å². The van der Waals surface area contributed by atoms with Crippen molar-refractivity contribution in [2.45, 2.75) is 58.6 Å². The summed E-state index contributed by atoms with van der Waals surface area (Å²) >= 11 is 0. The van der Waals surface area contributed by atoms with Gasteiger partial charge in [-0.05, 0) is 79.8 Å². The van der Waals surface area contributed by atoms with E-state index < -0.39 is 0 Å². The number of anilines is 1. The van der Waals surface area contributed by atoms with Crippen LogP contribution in [0, 0.1) is 12.8 Å². The number of rotatable bonds is 9. The van der Waals surface area contributed by atoms with Gasteiger partial charge in [-0.15, -0.1) is 0 Å². The van der Waals surface area contributed by atoms with Gasteiger partial charge in [0.05, 0.1) is 17.4 Å². The average Bonchev–Trinajstić information content (AvgIpc) is 2.94. The summed E-state index contributed by atoms with van der Waals surface area (Å²) in [6, 6.07) is 16.6. The third-order valence-electron chi connectivity index (χ3n) is 7.31. The molecule has 1 aliphatic heterocycles. The van der Waals surface area contributed by atoms with Crippen LogP contribution in [0.4, 0.5) is 5.95 Å². The molecule has 0 aliphatic carbocycles. The number of pyridine rings is 1. The standard InChI is InChI=1S/C31H37N5O2/c1-20(2)28(37)14-12-22-7-4-9-25-24(22)13-11-21(3)29(25)38-30-26(10-6-17-33-30)27-15-18-34-31(36-27)35-23-8-5-16-32-19-23/h4,6-7,9-11,13,15,17-18,20,23,28,32,37H,5,8,12,14,16,19H2,1-3H3,(H,34,35,36)/t23-,28?/m0/s1. The lowest BCUT2D eigenvalue weighted by atomic mass is 9.95. The molecule has 0 radical (unpaired) electrons.